The predicted molar refractivity (Wildman–Crippen MR) is 127 cm³/mol. The van der Waals surface area contributed by atoms with Gasteiger partial charge in [-0.3, -0.25) is 19.6 Å². The maximum Gasteiger partial charge on any atom is 0.417 e. The van der Waals surface area contributed by atoms with Gasteiger partial charge in [-0.15, -0.1) is 0 Å². The highest BCUT2D eigenvalue weighted by atomic mass is 32.9. The molecule has 33 heavy (non-hydrogen) atoms. The molecule has 5 aromatic rings. The number of aromatic nitrogens is 2. The lowest BCUT2D eigenvalue weighted by Crippen LogP contribution is -2.09. The Morgan fingerprint density at radius 2 is 1.58 bits per heavy atom. The normalized spacial score (nSPS) is 10.7. The van der Waals surface area contributed by atoms with Crippen LogP contribution in [0.5, 0.6) is 0 Å². The van der Waals surface area contributed by atoms with Crippen LogP contribution in [0.3, 0.4) is 0 Å². The first kappa shape index (κ1) is 22.6. The van der Waals surface area contributed by atoms with Gasteiger partial charge in [0.25, 0.3) is 0 Å². The third-order valence-corrected chi connectivity index (χ3v) is 7.35. The van der Waals surface area contributed by atoms with Crippen molar-refractivity contribution in [2.75, 3.05) is 7.11 Å². The van der Waals surface area contributed by atoms with Crippen LogP contribution in [0.25, 0.3) is 32.6 Å². The fourth-order valence-electron chi connectivity index (χ4n) is 2.91. The molecule has 0 saturated heterocycles. The van der Waals surface area contributed by atoms with Gasteiger partial charge in [0.05, 0.1) is 18.1 Å². The van der Waals surface area contributed by atoms with Crippen molar-refractivity contribution in [2.45, 2.75) is 6.42 Å². The summed E-state index contributed by atoms with van der Waals surface area (Å²) in [5.74, 6) is -1.99. The van der Waals surface area contributed by atoms with E-state index in [0.717, 1.165) is 14.3 Å². The van der Waals surface area contributed by atoms with Crippen LogP contribution in [0.1, 0.15) is 16.8 Å². The van der Waals surface area contributed by atoms with Crippen molar-refractivity contribution in [1.29, 1.82) is 0 Å². The zero-order valence-electron chi connectivity index (χ0n) is 16.8. The van der Waals surface area contributed by atoms with E-state index in [2.05, 4.69) is 14.7 Å². The van der Waals surface area contributed by atoms with Crippen LogP contribution < -0.4 is 11.5 Å². The maximum absolute atomic E-state index is 11.6. The minimum atomic E-state index is -0.601. The van der Waals surface area contributed by atoms with Crippen LogP contribution in [0, 0.1) is 3.82 Å². The Hall–Kier alpha value is -3.61. The molecule has 0 bridgehead atoms. The molecule has 2 N–H and O–H groups in total. The number of oxazole rings is 2. The highest BCUT2D eigenvalue weighted by molar-refractivity contribution is 7.80. The molecule has 0 saturated carbocycles. The van der Waals surface area contributed by atoms with E-state index in [1.165, 1.54) is 25.3 Å². The molecule has 0 unspecified atom stereocenters. The quantitative estimate of drug-likeness (QED) is 0.120. The van der Waals surface area contributed by atoms with E-state index in [1.54, 1.807) is 26.7 Å². The van der Waals surface area contributed by atoms with Gasteiger partial charge in [-0.1, -0.05) is 32.9 Å². The standard InChI is InChI=1S/C11H9NO5.C10H5NO2S3/c1-16-10(14)5-8(13)6-2-3-9-7(4-6)12-11(15)17-9;12-10-11-6-3-5(1-2-7(6)13-10)8-4-9(14)16-15-8/h2-4H,5H2,1H3,(H,12,15);1-4H,(H,11,12). The summed E-state index contributed by atoms with van der Waals surface area (Å²) in [6.07, 6.45) is -0.329. The van der Waals surface area contributed by atoms with Gasteiger partial charge in [-0.2, -0.15) is 0 Å². The summed E-state index contributed by atoms with van der Waals surface area (Å²) >= 11 is 5.09. The number of ether oxygens (including phenoxy) is 1. The molecule has 168 valence electrons. The number of Topliss-reactive ketones (excluding diaryl/α,β-unsaturated/α-hetero) is 1. The lowest BCUT2D eigenvalue weighted by Gasteiger charge is -1.99. The van der Waals surface area contributed by atoms with Crippen LogP contribution >= 0.6 is 32.9 Å². The molecule has 0 amide bonds. The van der Waals surface area contributed by atoms with Gasteiger partial charge in [0, 0.05) is 10.4 Å². The molecule has 0 aliphatic carbocycles. The van der Waals surface area contributed by atoms with E-state index in [0.29, 0.717) is 27.8 Å². The van der Waals surface area contributed by atoms with Gasteiger partial charge in [-0.25, -0.2) is 9.59 Å². The lowest BCUT2D eigenvalue weighted by atomic mass is 10.1. The van der Waals surface area contributed by atoms with Crippen molar-refractivity contribution in [3.63, 3.8) is 0 Å². The van der Waals surface area contributed by atoms with Gasteiger partial charge < -0.3 is 13.6 Å². The summed E-state index contributed by atoms with van der Waals surface area (Å²) in [6.45, 7) is 0. The molecule has 3 heterocycles. The van der Waals surface area contributed by atoms with E-state index in [9.17, 15) is 19.2 Å². The third-order valence-electron chi connectivity index (χ3n) is 4.44. The van der Waals surface area contributed by atoms with Gasteiger partial charge >= 0.3 is 17.5 Å². The molecule has 0 aliphatic heterocycles. The van der Waals surface area contributed by atoms with Crippen molar-refractivity contribution < 1.29 is 23.2 Å². The topological polar surface area (TPSA) is 135 Å². The predicted octanol–water partition coefficient (Wildman–Crippen LogP) is 4.51. The number of methoxy groups -OCH3 is 1. The fourth-order valence-corrected chi connectivity index (χ4v) is 5.30. The zero-order valence-corrected chi connectivity index (χ0v) is 19.3. The molecule has 2 aromatic carbocycles. The van der Waals surface area contributed by atoms with E-state index in [1.807, 2.05) is 18.2 Å². The van der Waals surface area contributed by atoms with E-state index in [-0.39, 0.29) is 12.2 Å². The average Bonchev–Trinajstić information content (AvgIpc) is 3.49. The summed E-state index contributed by atoms with van der Waals surface area (Å²) < 4.78 is 15.0. The van der Waals surface area contributed by atoms with E-state index < -0.39 is 17.5 Å². The van der Waals surface area contributed by atoms with Crippen molar-refractivity contribution in [2.24, 2.45) is 0 Å². The molecule has 3 aromatic heterocycles. The number of esters is 1. The van der Waals surface area contributed by atoms with Crippen molar-refractivity contribution in [3.8, 4) is 10.4 Å². The second-order valence-electron chi connectivity index (χ2n) is 6.62. The van der Waals surface area contributed by atoms with Gasteiger partial charge in [0.1, 0.15) is 10.2 Å². The highest BCUT2D eigenvalue weighted by Gasteiger charge is 2.13. The molecule has 0 aliphatic rings. The number of H-pyrrole nitrogens is 2. The number of fused-ring (bicyclic) bond motifs is 2. The number of hydrogen-bond donors (Lipinski definition) is 2. The van der Waals surface area contributed by atoms with Crippen LogP contribution in [0.4, 0.5) is 0 Å². The molecule has 5 rings (SSSR count). The van der Waals surface area contributed by atoms with Crippen LogP contribution in [0.15, 0.2) is 60.9 Å². The van der Waals surface area contributed by atoms with Gasteiger partial charge in [-0.05, 0) is 48.0 Å². The van der Waals surface area contributed by atoms with Gasteiger partial charge in [0.2, 0.25) is 0 Å². The number of ketones is 1. The number of aromatic amines is 2. The van der Waals surface area contributed by atoms with Crippen molar-refractivity contribution in [3.05, 3.63) is 73.0 Å². The SMILES string of the molecule is COC(=O)CC(=O)c1ccc2oc(=O)[nH]c2c1.O=c1[nH]c2cc(-c3cc(=S)ss3)ccc2o1. The number of carbonyl (C=O) groups excluding carboxylic acids is 2. The summed E-state index contributed by atoms with van der Waals surface area (Å²) in [6, 6.07) is 12.0. The minimum Gasteiger partial charge on any atom is -0.469 e. The average molecular weight is 503 g/mol. The van der Waals surface area contributed by atoms with Crippen LogP contribution in [0.2, 0.25) is 0 Å². The molecule has 12 heteroatoms. The molecule has 9 nitrogen and oxygen atoms in total. The summed E-state index contributed by atoms with van der Waals surface area (Å²) in [5.41, 5.74) is 3.44. The number of benzene rings is 2. The second-order valence-corrected chi connectivity index (χ2v) is 9.53. The number of carbonyl (C=O) groups is 2. The molecule has 0 radical (unpaired) electrons. The first-order chi connectivity index (χ1) is 15.8. The Labute approximate surface area is 196 Å². The van der Waals surface area contributed by atoms with E-state index in [4.69, 9.17) is 21.1 Å². The Bertz CT molecular complexity index is 1650. The van der Waals surface area contributed by atoms with Gasteiger partial charge in [0.15, 0.2) is 16.9 Å². The van der Waals surface area contributed by atoms with Crippen molar-refractivity contribution >= 4 is 66.9 Å². The lowest BCUT2D eigenvalue weighted by molar-refractivity contribution is -0.139. The maximum atomic E-state index is 11.6. The monoisotopic (exact) mass is 502 g/mol. The van der Waals surface area contributed by atoms with E-state index >= 15 is 0 Å². The molecular weight excluding hydrogens is 488 g/mol. The number of hydrogen-bond acceptors (Lipinski definition) is 10. The molecule has 0 atom stereocenters. The molecule has 0 spiro atoms. The molecule has 0 fully saturated rings. The van der Waals surface area contributed by atoms with Crippen molar-refractivity contribution in [1.82, 2.24) is 9.97 Å². The Balaban J connectivity index is 0.000000157. The summed E-state index contributed by atoms with van der Waals surface area (Å²) in [4.78, 5) is 50.7. The number of rotatable bonds is 4. The third kappa shape index (κ3) is 5.25. The van der Waals surface area contributed by atoms with Crippen LogP contribution in [-0.2, 0) is 9.53 Å². The number of nitrogens with one attached hydrogen (secondary N) is 2. The first-order valence-corrected chi connectivity index (χ1v) is 11.8. The fraction of sp³-hybridized carbons (Fsp3) is 0.0952. The summed E-state index contributed by atoms with van der Waals surface area (Å²) in [7, 11) is 4.42. The largest absolute Gasteiger partial charge is 0.469 e. The summed E-state index contributed by atoms with van der Waals surface area (Å²) in [5, 5.41) is 0. The minimum absolute atomic E-state index is 0.319. The smallest absolute Gasteiger partial charge is 0.417 e. The Morgan fingerprint density at radius 3 is 2.18 bits per heavy atom. The zero-order chi connectivity index (χ0) is 23.5. The highest BCUT2D eigenvalue weighted by Crippen LogP contribution is 2.30. The van der Waals surface area contributed by atoms with Crippen LogP contribution in [-0.4, -0.2) is 28.8 Å². The molecular formula is C21H14N2O7S3. The first-order valence-electron chi connectivity index (χ1n) is 9.28. The Kier molecular flexibility index (Phi) is 6.49. The second kappa shape index (κ2) is 9.48. The Morgan fingerprint density at radius 1 is 0.939 bits per heavy atom.